The molecule has 0 aliphatic heterocycles. The average molecular weight is 178 g/mol. The van der Waals surface area contributed by atoms with Crippen LogP contribution in [0.25, 0.3) is 0 Å². The highest BCUT2D eigenvalue weighted by Gasteiger charge is 1.96. The van der Waals surface area contributed by atoms with Gasteiger partial charge >= 0.3 is 0 Å². The molecule has 2 N–H and O–H groups in total. The number of aromatic hydroxyl groups is 1. The molecule has 0 saturated heterocycles. The van der Waals surface area contributed by atoms with Crippen LogP contribution in [0.5, 0.6) is 5.75 Å². The zero-order chi connectivity index (χ0) is 9.52. The van der Waals surface area contributed by atoms with E-state index in [0.29, 0.717) is 5.75 Å². The van der Waals surface area contributed by atoms with Gasteiger partial charge < -0.3 is 10.2 Å². The van der Waals surface area contributed by atoms with Crippen molar-refractivity contribution in [2.45, 2.75) is 12.8 Å². The Morgan fingerprint density at radius 3 is 2.62 bits per heavy atom. The minimum absolute atomic E-state index is 0.0841. The molecule has 0 spiro atoms. The van der Waals surface area contributed by atoms with E-state index in [0.717, 1.165) is 18.4 Å². The zero-order valence-electron chi connectivity index (χ0n) is 7.48. The lowest BCUT2D eigenvalue weighted by Gasteiger charge is -2.00. The van der Waals surface area contributed by atoms with E-state index in [2.05, 4.69) is 0 Å². The smallest absolute Gasteiger partial charge is 0.118 e. The second-order valence-corrected chi connectivity index (χ2v) is 2.82. The number of aryl methyl sites for hydroxylation is 1. The van der Waals surface area contributed by atoms with Crippen LogP contribution in [0.15, 0.2) is 36.4 Å². The monoisotopic (exact) mass is 178 g/mol. The van der Waals surface area contributed by atoms with E-state index >= 15 is 0 Å². The second kappa shape index (κ2) is 5.38. The third-order valence-corrected chi connectivity index (χ3v) is 1.84. The summed E-state index contributed by atoms with van der Waals surface area (Å²) in [5.41, 5.74) is 0.949. The molecular formula is C11H14O2. The molecule has 0 aliphatic rings. The van der Waals surface area contributed by atoms with Crippen LogP contribution in [0.4, 0.5) is 0 Å². The van der Waals surface area contributed by atoms with Crippen LogP contribution in [0.3, 0.4) is 0 Å². The minimum atomic E-state index is 0.0841. The van der Waals surface area contributed by atoms with Gasteiger partial charge in [0.05, 0.1) is 6.61 Å². The van der Waals surface area contributed by atoms with Gasteiger partial charge in [-0.15, -0.1) is 0 Å². The summed E-state index contributed by atoms with van der Waals surface area (Å²) in [5, 5.41) is 17.9. The molecule has 70 valence electrons. The third-order valence-electron chi connectivity index (χ3n) is 1.84. The maximum Gasteiger partial charge on any atom is 0.118 e. The number of aliphatic hydroxyl groups excluding tert-OH is 1. The number of phenolic OH excluding ortho intramolecular Hbond substituents is 1. The standard InChI is InChI=1S/C11H14O2/c12-9-5-1-2-6-10-7-3-4-8-11(10)13/h1,3-5,7-8,12-13H,2,6,9H2/b5-1-. The molecule has 0 unspecified atom stereocenters. The molecule has 0 aliphatic carbocycles. The molecule has 2 heteroatoms. The summed E-state index contributed by atoms with van der Waals surface area (Å²) >= 11 is 0. The molecule has 0 aromatic heterocycles. The number of hydrogen-bond donors (Lipinski definition) is 2. The summed E-state index contributed by atoms with van der Waals surface area (Å²) in [5.74, 6) is 0.347. The molecule has 0 radical (unpaired) electrons. The molecule has 0 heterocycles. The number of para-hydroxylation sites is 1. The van der Waals surface area contributed by atoms with Gasteiger partial charge in [0, 0.05) is 0 Å². The Morgan fingerprint density at radius 2 is 1.92 bits per heavy atom. The lowest BCUT2D eigenvalue weighted by molar-refractivity contribution is 0.342. The molecule has 1 aromatic carbocycles. The van der Waals surface area contributed by atoms with Crippen molar-refractivity contribution in [3.63, 3.8) is 0 Å². The van der Waals surface area contributed by atoms with Crippen LogP contribution >= 0.6 is 0 Å². The molecule has 0 amide bonds. The predicted octanol–water partition coefficient (Wildman–Crippen LogP) is 1.87. The van der Waals surface area contributed by atoms with Gasteiger partial charge in [-0.05, 0) is 24.5 Å². The Morgan fingerprint density at radius 1 is 1.15 bits per heavy atom. The highest BCUT2D eigenvalue weighted by Crippen LogP contribution is 2.17. The number of allylic oxidation sites excluding steroid dienone is 1. The first-order chi connectivity index (χ1) is 6.34. The quantitative estimate of drug-likeness (QED) is 0.691. The number of phenols is 1. The second-order valence-electron chi connectivity index (χ2n) is 2.82. The van der Waals surface area contributed by atoms with Crippen LogP contribution in [-0.2, 0) is 6.42 Å². The molecule has 13 heavy (non-hydrogen) atoms. The first-order valence-electron chi connectivity index (χ1n) is 4.37. The Labute approximate surface area is 78.2 Å². The normalized spacial score (nSPS) is 10.8. The Bertz CT molecular complexity index is 279. The number of aliphatic hydroxyl groups is 1. The van der Waals surface area contributed by atoms with E-state index in [1.807, 2.05) is 24.3 Å². The fourth-order valence-electron chi connectivity index (χ4n) is 1.15. The van der Waals surface area contributed by atoms with Crippen LogP contribution in [0, 0.1) is 0 Å². The Balaban J connectivity index is 2.45. The molecule has 0 fully saturated rings. The number of benzene rings is 1. The van der Waals surface area contributed by atoms with Crippen molar-refractivity contribution >= 4 is 0 Å². The molecule has 0 bridgehead atoms. The first-order valence-corrected chi connectivity index (χ1v) is 4.37. The molecule has 1 rings (SSSR count). The van der Waals surface area contributed by atoms with Crippen molar-refractivity contribution in [1.82, 2.24) is 0 Å². The van der Waals surface area contributed by atoms with Gasteiger partial charge in [0.2, 0.25) is 0 Å². The Hall–Kier alpha value is -1.28. The minimum Gasteiger partial charge on any atom is -0.508 e. The van der Waals surface area contributed by atoms with E-state index in [1.165, 1.54) is 0 Å². The fourth-order valence-corrected chi connectivity index (χ4v) is 1.15. The SMILES string of the molecule is OC/C=C\CCc1ccccc1O. The van der Waals surface area contributed by atoms with Gasteiger partial charge in [0.15, 0.2) is 0 Å². The van der Waals surface area contributed by atoms with Gasteiger partial charge in [-0.2, -0.15) is 0 Å². The van der Waals surface area contributed by atoms with Crippen molar-refractivity contribution in [1.29, 1.82) is 0 Å². The first kappa shape index (κ1) is 9.81. The van der Waals surface area contributed by atoms with Crippen LogP contribution in [0.2, 0.25) is 0 Å². The van der Waals surface area contributed by atoms with E-state index in [4.69, 9.17) is 5.11 Å². The van der Waals surface area contributed by atoms with Crippen molar-refractivity contribution in [2.24, 2.45) is 0 Å². The summed E-state index contributed by atoms with van der Waals surface area (Å²) in [7, 11) is 0. The van der Waals surface area contributed by atoms with Gasteiger partial charge in [-0.3, -0.25) is 0 Å². The number of hydrogen-bond acceptors (Lipinski definition) is 2. The summed E-state index contributed by atoms with van der Waals surface area (Å²) < 4.78 is 0. The number of rotatable bonds is 4. The predicted molar refractivity (Wildman–Crippen MR) is 52.7 cm³/mol. The lowest BCUT2D eigenvalue weighted by atomic mass is 10.1. The van der Waals surface area contributed by atoms with Gasteiger partial charge in [0.25, 0.3) is 0 Å². The Kier molecular flexibility index (Phi) is 4.06. The van der Waals surface area contributed by atoms with Crippen molar-refractivity contribution < 1.29 is 10.2 Å². The zero-order valence-corrected chi connectivity index (χ0v) is 7.48. The van der Waals surface area contributed by atoms with Gasteiger partial charge in [-0.25, -0.2) is 0 Å². The van der Waals surface area contributed by atoms with E-state index in [-0.39, 0.29) is 6.61 Å². The van der Waals surface area contributed by atoms with Crippen molar-refractivity contribution in [3.8, 4) is 5.75 Å². The van der Waals surface area contributed by atoms with Crippen LogP contribution in [-0.4, -0.2) is 16.8 Å². The summed E-state index contributed by atoms with van der Waals surface area (Å²) in [4.78, 5) is 0. The van der Waals surface area contributed by atoms with E-state index < -0.39 is 0 Å². The molecule has 2 nitrogen and oxygen atoms in total. The molecule has 0 atom stereocenters. The van der Waals surface area contributed by atoms with Gasteiger partial charge in [0.1, 0.15) is 5.75 Å². The van der Waals surface area contributed by atoms with Crippen molar-refractivity contribution in [3.05, 3.63) is 42.0 Å². The summed E-state index contributed by atoms with van der Waals surface area (Å²) in [6.07, 6.45) is 5.27. The largest absolute Gasteiger partial charge is 0.508 e. The lowest BCUT2D eigenvalue weighted by Crippen LogP contribution is -1.83. The highest BCUT2D eigenvalue weighted by molar-refractivity contribution is 5.31. The third kappa shape index (κ3) is 3.30. The molecule has 0 saturated carbocycles. The van der Waals surface area contributed by atoms with Crippen LogP contribution in [0.1, 0.15) is 12.0 Å². The van der Waals surface area contributed by atoms with Crippen LogP contribution < -0.4 is 0 Å². The van der Waals surface area contributed by atoms with E-state index in [9.17, 15) is 5.11 Å². The summed E-state index contributed by atoms with van der Waals surface area (Å²) in [6.45, 7) is 0.0841. The highest BCUT2D eigenvalue weighted by atomic mass is 16.3. The average Bonchev–Trinajstić information content (AvgIpc) is 2.15. The summed E-state index contributed by atoms with van der Waals surface area (Å²) in [6, 6.07) is 7.31. The maximum absolute atomic E-state index is 9.39. The molecular weight excluding hydrogens is 164 g/mol. The van der Waals surface area contributed by atoms with Gasteiger partial charge in [-0.1, -0.05) is 30.4 Å². The molecule has 1 aromatic rings. The van der Waals surface area contributed by atoms with E-state index in [1.54, 1.807) is 12.1 Å². The van der Waals surface area contributed by atoms with Crippen molar-refractivity contribution in [2.75, 3.05) is 6.61 Å². The fraction of sp³-hybridized carbons (Fsp3) is 0.273. The maximum atomic E-state index is 9.39. The topological polar surface area (TPSA) is 40.5 Å².